The number of fused-ring (bicyclic) bond motifs is 13. The number of hydrogen-bond acceptors (Lipinski definition) is 1. The predicted octanol–water partition coefficient (Wildman–Crippen LogP) is 12.1. The lowest BCUT2D eigenvalue weighted by molar-refractivity contribution is 0.795. The summed E-state index contributed by atoms with van der Waals surface area (Å²) < 4.78 is 0. The minimum absolute atomic E-state index is 0.376. The van der Waals surface area contributed by atoms with Gasteiger partial charge in [0.05, 0.1) is 5.41 Å². The highest BCUT2D eigenvalue weighted by Gasteiger charge is 2.52. The van der Waals surface area contributed by atoms with E-state index in [0.29, 0.717) is 0 Å². The molecule has 1 aliphatic heterocycles. The van der Waals surface area contributed by atoms with E-state index in [9.17, 15) is 0 Å². The molecule has 1 atom stereocenters. The minimum Gasteiger partial charge on any atom is -0.0888 e. The third-order valence-corrected chi connectivity index (χ3v) is 11.8. The fraction of sp³-hybridized carbons (Fsp3) is 0.0222. The van der Waals surface area contributed by atoms with Crippen LogP contribution in [-0.2, 0) is 5.41 Å². The Labute approximate surface area is 272 Å². The van der Waals surface area contributed by atoms with Gasteiger partial charge in [0.2, 0.25) is 0 Å². The largest absolute Gasteiger partial charge is 0.0888 e. The van der Waals surface area contributed by atoms with E-state index in [1.54, 1.807) is 0 Å². The standard InChI is InChI=1S/C45H26S/c1-2-12-28-26-40-35(24-27(28)11-1)32-14-3-6-18-37(32)45(40)38-19-7-4-16-34(38)44-31(17-10-20-39(44)45)30-23-29-13-9-22-42-43(29)36(25-30)33-15-5-8-21-41(33)46-42/h1-26H. The second kappa shape index (κ2) is 8.88. The second-order valence-electron chi connectivity index (χ2n) is 12.8. The summed E-state index contributed by atoms with van der Waals surface area (Å²) in [6.45, 7) is 0. The maximum absolute atomic E-state index is 2.47. The fourth-order valence-corrected chi connectivity index (χ4v) is 10.0. The first-order chi connectivity index (χ1) is 22.8. The van der Waals surface area contributed by atoms with Gasteiger partial charge in [-0.25, -0.2) is 0 Å². The Morgan fingerprint density at radius 1 is 0.348 bits per heavy atom. The zero-order chi connectivity index (χ0) is 30.0. The van der Waals surface area contributed by atoms with Crippen molar-refractivity contribution in [3.8, 4) is 44.5 Å². The highest BCUT2D eigenvalue weighted by Crippen LogP contribution is 2.64. The molecule has 11 rings (SSSR count). The molecule has 8 aromatic carbocycles. The minimum atomic E-state index is -0.376. The smallest absolute Gasteiger partial charge is 0.0725 e. The molecule has 1 heterocycles. The van der Waals surface area contributed by atoms with Crippen molar-refractivity contribution in [2.24, 2.45) is 0 Å². The van der Waals surface area contributed by atoms with Crippen LogP contribution in [0.1, 0.15) is 22.3 Å². The van der Waals surface area contributed by atoms with Crippen molar-refractivity contribution in [1.82, 2.24) is 0 Å². The first-order valence-electron chi connectivity index (χ1n) is 16.0. The van der Waals surface area contributed by atoms with Crippen molar-refractivity contribution in [2.75, 3.05) is 0 Å². The number of rotatable bonds is 1. The van der Waals surface area contributed by atoms with E-state index in [1.807, 2.05) is 11.8 Å². The molecule has 1 unspecified atom stereocenters. The van der Waals surface area contributed by atoms with Gasteiger partial charge in [-0.2, -0.15) is 0 Å². The van der Waals surface area contributed by atoms with Crippen LogP contribution < -0.4 is 0 Å². The van der Waals surface area contributed by atoms with Crippen molar-refractivity contribution in [3.63, 3.8) is 0 Å². The third-order valence-electron chi connectivity index (χ3n) is 10.6. The van der Waals surface area contributed by atoms with Crippen molar-refractivity contribution in [1.29, 1.82) is 0 Å². The summed E-state index contributed by atoms with van der Waals surface area (Å²) in [5.74, 6) is 0. The van der Waals surface area contributed by atoms with Gasteiger partial charge in [-0.3, -0.25) is 0 Å². The lowest BCUT2D eigenvalue weighted by Crippen LogP contribution is -2.25. The highest BCUT2D eigenvalue weighted by atomic mass is 32.2. The zero-order valence-corrected chi connectivity index (χ0v) is 25.7. The maximum Gasteiger partial charge on any atom is 0.0725 e. The van der Waals surface area contributed by atoms with Crippen LogP contribution in [0.5, 0.6) is 0 Å². The van der Waals surface area contributed by atoms with Crippen LogP contribution in [0.15, 0.2) is 168 Å². The van der Waals surface area contributed by atoms with Gasteiger partial charge in [0.25, 0.3) is 0 Å². The molecule has 0 N–H and O–H groups in total. The van der Waals surface area contributed by atoms with Gasteiger partial charge in [0.1, 0.15) is 0 Å². The van der Waals surface area contributed by atoms with Gasteiger partial charge < -0.3 is 0 Å². The van der Waals surface area contributed by atoms with Gasteiger partial charge in [-0.05, 0) is 119 Å². The van der Waals surface area contributed by atoms with Gasteiger partial charge in [0, 0.05) is 15.2 Å². The average Bonchev–Trinajstić information content (AvgIpc) is 3.58. The van der Waals surface area contributed by atoms with E-state index in [0.717, 1.165) is 0 Å². The molecular formula is C45H26S. The van der Waals surface area contributed by atoms with E-state index in [1.165, 1.54) is 98.1 Å². The number of hydrogen-bond donors (Lipinski definition) is 0. The number of benzene rings is 8. The van der Waals surface area contributed by atoms with E-state index >= 15 is 0 Å². The molecule has 0 amide bonds. The van der Waals surface area contributed by atoms with Gasteiger partial charge in [-0.15, -0.1) is 0 Å². The lowest BCUT2D eigenvalue weighted by Gasteiger charge is -2.30. The van der Waals surface area contributed by atoms with Gasteiger partial charge in [-0.1, -0.05) is 133 Å². The first kappa shape index (κ1) is 24.9. The summed E-state index contributed by atoms with van der Waals surface area (Å²) >= 11 is 1.89. The summed E-state index contributed by atoms with van der Waals surface area (Å²) in [6, 6.07) is 59.5. The van der Waals surface area contributed by atoms with Crippen LogP contribution in [0.25, 0.3) is 66.1 Å². The van der Waals surface area contributed by atoms with Crippen molar-refractivity contribution < 1.29 is 0 Å². The zero-order valence-electron chi connectivity index (χ0n) is 24.9. The van der Waals surface area contributed by atoms with Crippen LogP contribution >= 0.6 is 11.8 Å². The lowest BCUT2D eigenvalue weighted by atomic mass is 9.70. The molecule has 0 nitrogen and oxygen atoms in total. The van der Waals surface area contributed by atoms with E-state index in [-0.39, 0.29) is 5.41 Å². The van der Waals surface area contributed by atoms with E-state index in [4.69, 9.17) is 0 Å². The van der Waals surface area contributed by atoms with Crippen LogP contribution in [-0.4, -0.2) is 0 Å². The Kier molecular flexibility index (Phi) is 4.80. The van der Waals surface area contributed by atoms with Crippen molar-refractivity contribution >= 4 is 33.3 Å². The molecule has 0 aromatic heterocycles. The molecule has 1 spiro atoms. The average molecular weight is 599 g/mol. The molecule has 46 heavy (non-hydrogen) atoms. The van der Waals surface area contributed by atoms with Crippen LogP contribution in [0.3, 0.4) is 0 Å². The first-order valence-corrected chi connectivity index (χ1v) is 16.8. The van der Waals surface area contributed by atoms with Gasteiger partial charge >= 0.3 is 0 Å². The third kappa shape index (κ3) is 3.02. The Morgan fingerprint density at radius 2 is 0.957 bits per heavy atom. The summed E-state index contributed by atoms with van der Waals surface area (Å²) in [5, 5.41) is 5.24. The SMILES string of the molecule is c1ccc2c(c1)Sc1cccc3cc(-c4cccc5c4-c4ccccc4C54c5ccccc5-c5cc6ccccc6cc54)cc-2c13. The molecule has 3 aliphatic rings. The molecule has 8 aromatic rings. The normalized spacial score (nSPS) is 16.3. The summed E-state index contributed by atoms with van der Waals surface area (Å²) in [6.07, 6.45) is 0. The molecule has 0 radical (unpaired) electrons. The molecule has 0 saturated carbocycles. The monoisotopic (exact) mass is 598 g/mol. The summed E-state index contributed by atoms with van der Waals surface area (Å²) in [5.41, 5.74) is 15.8. The van der Waals surface area contributed by atoms with Crippen molar-refractivity contribution in [2.45, 2.75) is 15.2 Å². The summed E-state index contributed by atoms with van der Waals surface area (Å²) in [7, 11) is 0. The molecule has 0 bridgehead atoms. The molecule has 0 fully saturated rings. The fourth-order valence-electron chi connectivity index (χ4n) is 8.86. The predicted molar refractivity (Wildman–Crippen MR) is 193 cm³/mol. The Hall–Kier alpha value is -5.37. The Bertz CT molecular complexity index is 2630. The van der Waals surface area contributed by atoms with Crippen molar-refractivity contribution in [3.05, 3.63) is 180 Å². The maximum atomic E-state index is 2.47. The highest BCUT2D eigenvalue weighted by molar-refractivity contribution is 7.99. The Morgan fingerprint density at radius 3 is 1.83 bits per heavy atom. The Balaban J connectivity index is 1.26. The van der Waals surface area contributed by atoms with Crippen LogP contribution in [0.4, 0.5) is 0 Å². The molecule has 0 saturated heterocycles. The van der Waals surface area contributed by atoms with Crippen LogP contribution in [0, 0.1) is 0 Å². The molecular weight excluding hydrogens is 573 g/mol. The van der Waals surface area contributed by atoms with Crippen LogP contribution in [0.2, 0.25) is 0 Å². The molecule has 212 valence electrons. The molecule has 2 aliphatic carbocycles. The topological polar surface area (TPSA) is 0 Å². The van der Waals surface area contributed by atoms with E-state index < -0.39 is 0 Å². The summed E-state index contributed by atoms with van der Waals surface area (Å²) in [4.78, 5) is 2.67. The van der Waals surface area contributed by atoms with Gasteiger partial charge in [0.15, 0.2) is 0 Å². The quantitative estimate of drug-likeness (QED) is 0.181. The van der Waals surface area contributed by atoms with E-state index in [2.05, 4.69) is 158 Å². The second-order valence-corrected chi connectivity index (χ2v) is 13.9. The molecule has 1 heteroatoms.